The Bertz CT molecular complexity index is 530. The molecule has 1 aliphatic carbocycles. The fourth-order valence-electron chi connectivity index (χ4n) is 3.22. The van der Waals surface area contributed by atoms with Crippen molar-refractivity contribution in [3.05, 3.63) is 28.2 Å². The molecule has 1 aliphatic rings. The van der Waals surface area contributed by atoms with Gasteiger partial charge < -0.3 is 10.4 Å². The highest BCUT2D eigenvalue weighted by molar-refractivity contribution is 9.10. The Labute approximate surface area is 133 Å². The van der Waals surface area contributed by atoms with E-state index in [1.54, 1.807) is 0 Å². The molecule has 0 spiro atoms. The summed E-state index contributed by atoms with van der Waals surface area (Å²) in [5.41, 5.74) is 1.44. The van der Waals surface area contributed by atoms with E-state index in [0.717, 1.165) is 41.4 Å². The SMILES string of the molecule is Cc1cc(Br)cc(NC(=O)CC2(CC(=O)O)CCCC2)c1. The van der Waals surface area contributed by atoms with Crippen LogP contribution in [0.3, 0.4) is 0 Å². The number of anilines is 1. The zero-order chi connectivity index (χ0) is 15.5. The molecule has 0 aliphatic heterocycles. The van der Waals surface area contributed by atoms with Gasteiger partial charge in [-0.3, -0.25) is 9.59 Å². The summed E-state index contributed by atoms with van der Waals surface area (Å²) in [4.78, 5) is 23.3. The number of carbonyl (C=O) groups is 2. The first kappa shape index (κ1) is 16.0. The second-order valence-electron chi connectivity index (χ2n) is 6.02. The first-order valence-electron chi connectivity index (χ1n) is 7.17. The van der Waals surface area contributed by atoms with Gasteiger partial charge in [-0.2, -0.15) is 0 Å². The number of carbonyl (C=O) groups excluding carboxylic acids is 1. The van der Waals surface area contributed by atoms with Crippen LogP contribution in [-0.2, 0) is 9.59 Å². The summed E-state index contributed by atoms with van der Waals surface area (Å²) >= 11 is 3.41. The van der Waals surface area contributed by atoms with Crippen molar-refractivity contribution in [3.8, 4) is 0 Å². The second kappa shape index (κ2) is 6.60. The Morgan fingerprint density at radius 3 is 2.48 bits per heavy atom. The predicted molar refractivity (Wildman–Crippen MR) is 85.3 cm³/mol. The fraction of sp³-hybridized carbons (Fsp3) is 0.500. The lowest BCUT2D eigenvalue weighted by Crippen LogP contribution is -2.27. The first-order chi connectivity index (χ1) is 9.88. The van der Waals surface area contributed by atoms with E-state index >= 15 is 0 Å². The van der Waals surface area contributed by atoms with Gasteiger partial charge in [0.2, 0.25) is 5.91 Å². The summed E-state index contributed by atoms with van der Waals surface area (Å²) in [6.07, 6.45) is 4.03. The number of benzene rings is 1. The first-order valence-corrected chi connectivity index (χ1v) is 7.97. The summed E-state index contributed by atoms with van der Waals surface area (Å²) < 4.78 is 0.916. The Hall–Kier alpha value is -1.36. The molecule has 0 radical (unpaired) electrons. The topological polar surface area (TPSA) is 66.4 Å². The number of rotatable bonds is 5. The number of aryl methyl sites for hydroxylation is 1. The van der Waals surface area contributed by atoms with Crippen molar-refractivity contribution in [1.29, 1.82) is 0 Å². The maximum Gasteiger partial charge on any atom is 0.303 e. The third-order valence-electron chi connectivity index (χ3n) is 4.05. The Kier molecular flexibility index (Phi) is 5.04. The number of halogens is 1. The maximum atomic E-state index is 12.3. The van der Waals surface area contributed by atoms with Crippen LogP contribution in [0.1, 0.15) is 44.1 Å². The van der Waals surface area contributed by atoms with Crippen molar-refractivity contribution in [1.82, 2.24) is 0 Å². The number of hydrogen-bond acceptors (Lipinski definition) is 2. The molecule has 114 valence electrons. The van der Waals surface area contributed by atoms with E-state index in [2.05, 4.69) is 21.2 Å². The summed E-state index contributed by atoms with van der Waals surface area (Å²) in [6, 6.07) is 5.73. The molecule has 1 amide bonds. The average Bonchev–Trinajstić information content (AvgIpc) is 2.74. The van der Waals surface area contributed by atoms with Crippen LogP contribution in [-0.4, -0.2) is 17.0 Å². The Morgan fingerprint density at radius 1 is 1.24 bits per heavy atom. The highest BCUT2D eigenvalue weighted by Gasteiger charge is 2.37. The molecule has 5 heteroatoms. The molecule has 2 rings (SSSR count). The van der Waals surface area contributed by atoms with Crippen LogP contribution < -0.4 is 5.32 Å². The molecule has 0 saturated heterocycles. The molecule has 0 unspecified atom stereocenters. The standard InChI is InChI=1S/C16H20BrNO3/c1-11-6-12(17)8-13(7-11)18-14(19)9-16(10-15(20)21)4-2-3-5-16/h6-8H,2-5,9-10H2,1H3,(H,18,19)(H,20,21). The molecule has 1 aromatic carbocycles. The molecule has 1 fully saturated rings. The number of hydrogen-bond donors (Lipinski definition) is 2. The number of carboxylic acid groups (broad SMARTS) is 1. The molecular weight excluding hydrogens is 334 g/mol. The van der Waals surface area contributed by atoms with Crippen molar-refractivity contribution < 1.29 is 14.7 Å². The van der Waals surface area contributed by atoms with Crippen LogP contribution in [0.5, 0.6) is 0 Å². The van der Waals surface area contributed by atoms with E-state index in [1.165, 1.54) is 0 Å². The molecule has 21 heavy (non-hydrogen) atoms. The third kappa shape index (κ3) is 4.56. The monoisotopic (exact) mass is 353 g/mol. The molecule has 0 atom stereocenters. The van der Waals surface area contributed by atoms with Gasteiger partial charge in [0.1, 0.15) is 0 Å². The van der Waals surface area contributed by atoms with Gasteiger partial charge in [-0.1, -0.05) is 28.8 Å². The molecule has 1 saturated carbocycles. The van der Waals surface area contributed by atoms with E-state index in [9.17, 15) is 9.59 Å². The minimum absolute atomic E-state index is 0.0813. The fourth-order valence-corrected chi connectivity index (χ4v) is 3.82. The van der Waals surface area contributed by atoms with E-state index in [4.69, 9.17) is 5.11 Å². The highest BCUT2D eigenvalue weighted by Crippen LogP contribution is 2.44. The lowest BCUT2D eigenvalue weighted by atomic mass is 9.79. The Balaban J connectivity index is 2.04. The second-order valence-corrected chi connectivity index (χ2v) is 6.94. The summed E-state index contributed by atoms with van der Waals surface area (Å²) in [5.74, 6) is -0.918. The van der Waals surface area contributed by atoms with Crippen LogP contribution in [0.2, 0.25) is 0 Å². The normalized spacial score (nSPS) is 16.7. The summed E-state index contributed by atoms with van der Waals surface area (Å²) in [7, 11) is 0. The van der Waals surface area contributed by atoms with Crippen molar-refractivity contribution in [2.45, 2.75) is 45.4 Å². The van der Waals surface area contributed by atoms with Crippen molar-refractivity contribution in [2.24, 2.45) is 5.41 Å². The molecule has 1 aromatic rings. The minimum Gasteiger partial charge on any atom is -0.481 e. The third-order valence-corrected chi connectivity index (χ3v) is 4.51. The molecule has 0 bridgehead atoms. The molecular formula is C16H20BrNO3. The molecule has 4 nitrogen and oxygen atoms in total. The minimum atomic E-state index is -0.817. The smallest absolute Gasteiger partial charge is 0.303 e. The van der Waals surface area contributed by atoms with Crippen molar-refractivity contribution >= 4 is 33.5 Å². The van der Waals surface area contributed by atoms with Crippen LogP contribution in [0.25, 0.3) is 0 Å². The van der Waals surface area contributed by atoms with Gasteiger partial charge in [0.25, 0.3) is 0 Å². The average molecular weight is 354 g/mol. The quantitative estimate of drug-likeness (QED) is 0.836. The van der Waals surface area contributed by atoms with Gasteiger partial charge in [-0.15, -0.1) is 0 Å². The summed E-state index contributed by atoms with van der Waals surface area (Å²) in [6.45, 7) is 1.96. The van der Waals surface area contributed by atoms with Crippen LogP contribution in [0.4, 0.5) is 5.69 Å². The van der Waals surface area contributed by atoms with Gasteiger partial charge in [0.05, 0.1) is 6.42 Å². The van der Waals surface area contributed by atoms with Crippen LogP contribution in [0.15, 0.2) is 22.7 Å². The van der Waals surface area contributed by atoms with Gasteiger partial charge in [-0.05, 0) is 48.9 Å². The lowest BCUT2D eigenvalue weighted by molar-refractivity contribution is -0.140. The van der Waals surface area contributed by atoms with E-state index in [1.807, 2.05) is 25.1 Å². The Morgan fingerprint density at radius 2 is 1.90 bits per heavy atom. The van der Waals surface area contributed by atoms with E-state index in [-0.39, 0.29) is 24.2 Å². The van der Waals surface area contributed by atoms with Crippen LogP contribution in [0, 0.1) is 12.3 Å². The highest BCUT2D eigenvalue weighted by atomic mass is 79.9. The number of carboxylic acids is 1. The predicted octanol–water partition coefficient (Wildman–Crippen LogP) is 4.12. The zero-order valence-corrected chi connectivity index (χ0v) is 13.7. The zero-order valence-electron chi connectivity index (χ0n) is 12.1. The van der Waals surface area contributed by atoms with Crippen LogP contribution >= 0.6 is 15.9 Å². The van der Waals surface area contributed by atoms with Gasteiger partial charge in [-0.25, -0.2) is 0 Å². The maximum absolute atomic E-state index is 12.3. The molecule has 0 heterocycles. The largest absolute Gasteiger partial charge is 0.481 e. The van der Waals surface area contributed by atoms with E-state index < -0.39 is 5.97 Å². The summed E-state index contributed by atoms with van der Waals surface area (Å²) in [5, 5.41) is 12.0. The number of aliphatic carboxylic acids is 1. The van der Waals surface area contributed by atoms with Gasteiger partial charge >= 0.3 is 5.97 Å². The molecule has 0 aromatic heterocycles. The van der Waals surface area contributed by atoms with Gasteiger partial charge in [0, 0.05) is 16.6 Å². The lowest BCUT2D eigenvalue weighted by Gasteiger charge is -2.26. The molecule has 2 N–H and O–H groups in total. The number of amides is 1. The van der Waals surface area contributed by atoms with Gasteiger partial charge in [0.15, 0.2) is 0 Å². The number of nitrogens with one attached hydrogen (secondary N) is 1. The van der Waals surface area contributed by atoms with Crippen molar-refractivity contribution in [2.75, 3.05) is 5.32 Å². The van der Waals surface area contributed by atoms with Crippen molar-refractivity contribution in [3.63, 3.8) is 0 Å². The van der Waals surface area contributed by atoms with E-state index in [0.29, 0.717) is 0 Å².